The molecule has 42 valence electrons. The summed E-state index contributed by atoms with van der Waals surface area (Å²) in [5.41, 5.74) is 0. The average Bonchev–Trinajstić information content (AvgIpc) is 1.68. The normalized spacial score (nSPS) is 12.7. The minimum atomic E-state index is -2.33. The van der Waals surface area contributed by atoms with Crippen LogP contribution >= 0.6 is 24.5 Å². The molecule has 0 amide bonds. The molecular formula is C2H4BrO3P. The zero-order chi connectivity index (χ0) is 5.70. The second-order valence-corrected chi connectivity index (χ2v) is 2.47. The van der Waals surface area contributed by atoms with Gasteiger partial charge in [0.2, 0.25) is 0 Å². The third kappa shape index (κ3) is 4.05. The van der Waals surface area contributed by atoms with Gasteiger partial charge in [0.25, 0.3) is 0 Å². The molecule has 0 aliphatic rings. The van der Waals surface area contributed by atoms with Crippen LogP contribution in [-0.2, 0) is 12.7 Å². The lowest BCUT2D eigenvalue weighted by Gasteiger charge is -1.90. The van der Waals surface area contributed by atoms with Gasteiger partial charge in [-0.25, -0.2) is 8.18 Å². The topological polar surface area (TPSA) is 35.5 Å². The van der Waals surface area contributed by atoms with Crippen molar-refractivity contribution in [3.05, 3.63) is 12.8 Å². The van der Waals surface area contributed by atoms with Gasteiger partial charge in [-0.05, 0) is 0 Å². The molecule has 0 aliphatic heterocycles. The molecule has 0 N–H and O–H groups in total. The zero-order valence-electron chi connectivity index (χ0n) is 3.39. The van der Waals surface area contributed by atoms with Gasteiger partial charge in [0.1, 0.15) is 16.3 Å². The Kier molecular flexibility index (Phi) is 4.50. The van der Waals surface area contributed by atoms with E-state index in [-0.39, 0.29) is 0 Å². The predicted octanol–water partition coefficient (Wildman–Crippen LogP) is 1.86. The van der Waals surface area contributed by atoms with E-state index < -0.39 is 8.25 Å². The summed E-state index contributed by atoms with van der Waals surface area (Å²) in [4.78, 5) is 0. The largest absolute Gasteiger partial charge is 0.434 e. The van der Waals surface area contributed by atoms with E-state index in [9.17, 15) is 4.57 Å². The summed E-state index contributed by atoms with van der Waals surface area (Å²) in [7, 11) is -2.33. The molecule has 5 heteroatoms. The van der Waals surface area contributed by atoms with E-state index in [1.807, 2.05) is 0 Å². The third-order valence-electron chi connectivity index (χ3n) is 0.243. The summed E-state index contributed by atoms with van der Waals surface area (Å²) in [5, 5.41) is 0. The van der Waals surface area contributed by atoms with Gasteiger partial charge >= 0.3 is 8.25 Å². The number of halogens is 1. The van der Waals surface area contributed by atoms with Crippen molar-refractivity contribution in [1.82, 2.24) is 0 Å². The summed E-state index contributed by atoms with van der Waals surface area (Å²) >= 11 is 2.48. The van der Waals surface area contributed by atoms with E-state index in [1.54, 1.807) is 0 Å². The molecular weight excluding hydrogens is 183 g/mol. The molecule has 0 aromatic carbocycles. The van der Waals surface area contributed by atoms with Gasteiger partial charge in [-0.2, -0.15) is 0 Å². The Labute approximate surface area is 50.7 Å². The highest BCUT2D eigenvalue weighted by Crippen LogP contribution is 2.26. The van der Waals surface area contributed by atoms with Crippen LogP contribution in [0.3, 0.4) is 0 Å². The molecule has 0 saturated carbocycles. The van der Waals surface area contributed by atoms with Gasteiger partial charge in [0.15, 0.2) is 0 Å². The maximum atomic E-state index is 10.0. The third-order valence-corrected chi connectivity index (χ3v) is 1.52. The van der Waals surface area contributed by atoms with E-state index >= 15 is 0 Å². The molecule has 0 bridgehead atoms. The van der Waals surface area contributed by atoms with E-state index in [1.165, 1.54) is 0 Å². The van der Waals surface area contributed by atoms with E-state index in [0.29, 0.717) is 0 Å². The van der Waals surface area contributed by atoms with Gasteiger partial charge in [-0.15, -0.1) is 0 Å². The van der Waals surface area contributed by atoms with Crippen molar-refractivity contribution in [2.75, 3.05) is 0 Å². The van der Waals surface area contributed by atoms with Gasteiger partial charge in [0.05, 0.1) is 6.26 Å². The quantitative estimate of drug-likeness (QED) is 0.499. The SMILES string of the molecule is C=CO[PH](=O)OBr. The molecule has 7 heavy (non-hydrogen) atoms. The van der Waals surface area contributed by atoms with Gasteiger partial charge in [-0.1, -0.05) is 6.58 Å². The minimum Gasteiger partial charge on any atom is -0.434 e. The lowest BCUT2D eigenvalue weighted by Crippen LogP contribution is -1.59. The Morgan fingerprint density at radius 2 is 2.43 bits per heavy atom. The van der Waals surface area contributed by atoms with Crippen molar-refractivity contribution in [3.63, 3.8) is 0 Å². The smallest absolute Gasteiger partial charge is 0.378 e. The molecule has 0 aromatic heterocycles. The molecule has 1 atom stereocenters. The van der Waals surface area contributed by atoms with Gasteiger partial charge in [-0.3, -0.25) is 0 Å². The fourth-order valence-corrected chi connectivity index (χ4v) is 0.488. The molecule has 0 aliphatic carbocycles. The number of rotatable bonds is 3. The van der Waals surface area contributed by atoms with Crippen LogP contribution in [0.4, 0.5) is 0 Å². The van der Waals surface area contributed by atoms with Crippen LogP contribution in [0.2, 0.25) is 0 Å². The van der Waals surface area contributed by atoms with Crippen LogP contribution in [-0.4, -0.2) is 0 Å². The lowest BCUT2D eigenvalue weighted by atomic mass is 11.2. The zero-order valence-corrected chi connectivity index (χ0v) is 5.97. The Morgan fingerprint density at radius 1 is 1.86 bits per heavy atom. The highest BCUT2D eigenvalue weighted by molar-refractivity contribution is 9.06. The molecule has 1 unspecified atom stereocenters. The molecule has 0 aromatic rings. The molecule has 0 radical (unpaired) electrons. The van der Waals surface area contributed by atoms with Crippen molar-refractivity contribution >= 4 is 24.5 Å². The van der Waals surface area contributed by atoms with Crippen LogP contribution in [0.15, 0.2) is 12.8 Å². The predicted molar refractivity (Wildman–Crippen MR) is 30.3 cm³/mol. The van der Waals surface area contributed by atoms with E-state index in [2.05, 4.69) is 31.0 Å². The Bertz CT molecular complexity index is 83.0. The maximum absolute atomic E-state index is 10.0. The van der Waals surface area contributed by atoms with Crippen molar-refractivity contribution in [2.24, 2.45) is 0 Å². The first kappa shape index (κ1) is 7.21. The molecule has 0 spiro atoms. The van der Waals surface area contributed by atoms with Crippen LogP contribution in [0.5, 0.6) is 0 Å². The standard InChI is InChI=1S/C2H4BrO3P/c1-2-5-7(4)6-3/h2,7H,1H2. The van der Waals surface area contributed by atoms with Crippen molar-refractivity contribution in [3.8, 4) is 0 Å². The monoisotopic (exact) mass is 186 g/mol. The van der Waals surface area contributed by atoms with Crippen LogP contribution in [0, 0.1) is 0 Å². The maximum Gasteiger partial charge on any atom is 0.378 e. The highest BCUT2D eigenvalue weighted by Gasteiger charge is 1.88. The first-order chi connectivity index (χ1) is 3.31. The summed E-state index contributed by atoms with van der Waals surface area (Å²) in [6.07, 6.45) is 1.06. The average molecular weight is 187 g/mol. The Morgan fingerprint density at radius 3 is 2.57 bits per heavy atom. The van der Waals surface area contributed by atoms with Gasteiger partial charge in [0, 0.05) is 0 Å². The molecule has 0 rings (SSSR count). The Balaban J connectivity index is 3.17. The molecule has 0 saturated heterocycles. The number of hydrogen-bond acceptors (Lipinski definition) is 3. The van der Waals surface area contributed by atoms with E-state index in [4.69, 9.17) is 0 Å². The van der Waals surface area contributed by atoms with Crippen LogP contribution < -0.4 is 0 Å². The first-order valence-electron chi connectivity index (χ1n) is 1.41. The second-order valence-electron chi connectivity index (χ2n) is 0.612. The summed E-state index contributed by atoms with van der Waals surface area (Å²) in [5.74, 6) is 0. The van der Waals surface area contributed by atoms with Crippen LogP contribution in [0.25, 0.3) is 0 Å². The van der Waals surface area contributed by atoms with Crippen molar-refractivity contribution < 1.29 is 12.7 Å². The summed E-state index contributed by atoms with van der Waals surface area (Å²) in [6.45, 7) is 3.15. The molecule has 3 nitrogen and oxygen atoms in total. The second kappa shape index (κ2) is 4.37. The number of hydrogen-bond donors (Lipinski definition) is 0. The first-order valence-corrected chi connectivity index (χ1v) is 3.28. The van der Waals surface area contributed by atoms with Crippen LogP contribution in [0.1, 0.15) is 0 Å². The highest BCUT2D eigenvalue weighted by atomic mass is 79.9. The molecule has 0 heterocycles. The van der Waals surface area contributed by atoms with Gasteiger partial charge < -0.3 is 4.52 Å². The summed E-state index contributed by atoms with van der Waals surface area (Å²) in [6, 6.07) is 0. The lowest BCUT2D eigenvalue weighted by molar-refractivity contribution is 0.408. The van der Waals surface area contributed by atoms with Crippen molar-refractivity contribution in [2.45, 2.75) is 0 Å². The fraction of sp³-hybridized carbons (Fsp3) is 0. The van der Waals surface area contributed by atoms with E-state index in [0.717, 1.165) is 6.26 Å². The molecule has 0 fully saturated rings. The van der Waals surface area contributed by atoms with Crippen molar-refractivity contribution in [1.29, 1.82) is 0 Å². The summed E-state index contributed by atoms with van der Waals surface area (Å²) < 4.78 is 18.3. The fourth-order valence-electron chi connectivity index (χ4n) is 0.0862. The minimum absolute atomic E-state index is 1.06. The Hall–Kier alpha value is 0.210.